The molecule has 0 aliphatic rings. The number of halogens is 2. The molecule has 0 aliphatic carbocycles. The van der Waals surface area contributed by atoms with Crippen LogP contribution in [-0.4, -0.2) is 74.9 Å². The van der Waals surface area contributed by atoms with E-state index in [0.29, 0.717) is 28.5 Å². The minimum Gasteiger partial charge on any atom is -0.461 e. The van der Waals surface area contributed by atoms with Crippen molar-refractivity contribution in [2.75, 3.05) is 26.3 Å². The molecule has 0 unspecified atom stereocenters. The van der Waals surface area contributed by atoms with E-state index in [1.54, 1.807) is 13.8 Å². The zero-order valence-corrected chi connectivity index (χ0v) is 29.3. The Balaban J connectivity index is 2.30. The largest absolute Gasteiger partial charge is 0.461 e. The number of carbonyl (C=O) groups excluding carboxylic acids is 1. The van der Waals surface area contributed by atoms with Gasteiger partial charge in [-0.15, -0.1) is 0 Å². The summed E-state index contributed by atoms with van der Waals surface area (Å²) in [7, 11) is -7.97. The molecule has 246 valence electrons. The van der Waals surface area contributed by atoms with Gasteiger partial charge in [0.25, 0.3) is 0 Å². The predicted octanol–water partition coefficient (Wildman–Crippen LogP) is 6.01. The number of aliphatic hydroxyl groups excluding tert-OH is 1. The Labute approximate surface area is 272 Å². The molecule has 9 nitrogen and oxygen atoms in total. The molecule has 0 aliphatic heterocycles. The maximum atomic E-state index is 13.7. The molecule has 0 aromatic heterocycles. The topological polar surface area (TPSA) is 121 Å². The summed E-state index contributed by atoms with van der Waals surface area (Å²) in [4.78, 5) is 13.1. The number of likely N-dealkylation sites (N-methyl/N-ethyl adjacent to an activating group) is 1. The van der Waals surface area contributed by atoms with Crippen molar-refractivity contribution >= 4 is 49.2 Å². The molecule has 0 bridgehead atoms. The number of hydrogen-bond acceptors (Lipinski definition) is 7. The second kappa shape index (κ2) is 17.1. The number of ether oxygens (including phenoxy) is 1. The third-order valence-electron chi connectivity index (χ3n) is 6.85. The number of rotatable bonds is 17. The van der Waals surface area contributed by atoms with Crippen LogP contribution in [0.5, 0.6) is 0 Å². The molecule has 0 spiro atoms. The van der Waals surface area contributed by atoms with Crippen molar-refractivity contribution in [3.05, 3.63) is 70.2 Å². The first kappa shape index (κ1) is 38.2. The van der Waals surface area contributed by atoms with Crippen LogP contribution < -0.4 is 0 Å². The summed E-state index contributed by atoms with van der Waals surface area (Å²) in [6.45, 7) is 10.5. The number of aliphatic hydroxyl groups is 1. The zero-order chi connectivity index (χ0) is 33.2. The standard InChI is InChI=1S/C31H44Cl2N2O7S2/c1-7-34(43(38,39)29-12-8-25(32)9-13-29)28(17-23(4)5)21-42-31(37)18-24(6)19-35(27(20-36)16-22(2)3)44(40,41)30-14-10-26(33)11-15-30/h8-15,18,22-23,27-28,36H,7,16-17,19-21H2,1-6H3/t27-,28+/m1/s1. The highest BCUT2D eigenvalue weighted by molar-refractivity contribution is 7.89. The molecule has 2 atom stereocenters. The summed E-state index contributed by atoms with van der Waals surface area (Å²) in [5.41, 5.74) is 0.385. The smallest absolute Gasteiger partial charge is 0.330 e. The Morgan fingerprint density at radius 2 is 1.25 bits per heavy atom. The third kappa shape index (κ3) is 10.8. The summed E-state index contributed by atoms with van der Waals surface area (Å²) in [5.74, 6) is -0.536. The quantitative estimate of drug-likeness (QED) is 0.159. The third-order valence-corrected chi connectivity index (χ3v) is 11.3. The average molecular weight is 692 g/mol. The molecule has 0 fully saturated rings. The van der Waals surface area contributed by atoms with Crippen molar-refractivity contribution in [1.82, 2.24) is 8.61 Å². The van der Waals surface area contributed by atoms with Gasteiger partial charge in [0.2, 0.25) is 20.0 Å². The van der Waals surface area contributed by atoms with Crippen LogP contribution in [0.1, 0.15) is 54.4 Å². The monoisotopic (exact) mass is 690 g/mol. The second-order valence-corrected chi connectivity index (χ2v) is 16.2. The highest BCUT2D eigenvalue weighted by Crippen LogP contribution is 2.26. The first-order valence-electron chi connectivity index (χ1n) is 14.5. The fraction of sp³-hybridized carbons (Fsp3) is 0.516. The highest BCUT2D eigenvalue weighted by atomic mass is 35.5. The zero-order valence-electron chi connectivity index (χ0n) is 26.1. The van der Waals surface area contributed by atoms with E-state index in [1.165, 1.54) is 63.2 Å². The fourth-order valence-corrected chi connectivity index (χ4v) is 8.42. The SMILES string of the molecule is CCN([C@H](COC(=O)C=C(C)CN([C@@H](CO)CC(C)C)S(=O)(=O)c1ccc(Cl)cc1)CC(C)C)S(=O)(=O)c1ccc(Cl)cc1. The van der Waals surface area contributed by atoms with Gasteiger partial charge in [-0.1, -0.05) is 63.4 Å². The minimum atomic E-state index is -4.06. The molecule has 13 heteroatoms. The highest BCUT2D eigenvalue weighted by Gasteiger charge is 2.33. The van der Waals surface area contributed by atoms with Crippen LogP contribution >= 0.6 is 23.2 Å². The molecule has 0 radical (unpaired) electrons. The Morgan fingerprint density at radius 1 is 0.818 bits per heavy atom. The lowest BCUT2D eigenvalue weighted by Gasteiger charge is -2.31. The van der Waals surface area contributed by atoms with E-state index in [2.05, 4.69) is 0 Å². The Bertz CT molecular complexity index is 1460. The van der Waals surface area contributed by atoms with Gasteiger partial charge in [0.1, 0.15) is 6.61 Å². The van der Waals surface area contributed by atoms with Crippen LogP contribution in [0.3, 0.4) is 0 Å². The first-order chi connectivity index (χ1) is 20.5. The first-order valence-corrected chi connectivity index (χ1v) is 18.2. The number of sulfonamides is 2. The van der Waals surface area contributed by atoms with Crippen molar-refractivity contribution in [2.45, 2.75) is 76.3 Å². The van der Waals surface area contributed by atoms with Crippen LogP contribution in [-0.2, 0) is 29.6 Å². The maximum absolute atomic E-state index is 13.7. The molecule has 2 aromatic rings. The molecule has 2 rings (SSSR count). The molecule has 1 N–H and O–H groups in total. The molecule has 44 heavy (non-hydrogen) atoms. The van der Waals surface area contributed by atoms with Crippen LogP contribution in [0.25, 0.3) is 0 Å². The maximum Gasteiger partial charge on any atom is 0.330 e. The summed E-state index contributed by atoms with van der Waals surface area (Å²) < 4.78 is 62.3. The Hall–Kier alpha value is -1.99. The molecule has 2 aromatic carbocycles. The van der Waals surface area contributed by atoms with Crippen molar-refractivity contribution < 1.29 is 31.5 Å². The predicted molar refractivity (Wildman–Crippen MR) is 175 cm³/mol. The summed E-state index contributed by atoms with van der Waals surface area (Å²) in [6, 6.07) is 10.3. The van der Waals surface area contributed by atoms with E-state index < -0.39 is 44.7 Å². The number of hydrogen-bond donors (Lipinski definition) is 1. The van der Waals surface area contributed by atoms with Gasteiger partial charge in [0, 0.05) is 35.3 Å². The van der Waals surface area contributed by atoms with E-state index in [9.17, 15) is 26.7 Å². The van der Waals surface area contributed by atoms with E-state index in [-0.39, 0.29) is 41.3 Å². The normalized spacial score (nSPS) is 14.4. The van der Waals surface area contributed by atoms with Gasteiger partial charge in [-0.3, -0.25) is 0 Å². The average Bonchev–Trinajstić information content (AvgIpc) is 2.93. The molecule has 0 saturated carbocycles. The summed E-state index contributed by atoms with van der Waals surface area (Å²) in [5, 5.41) is 10.9. The second-order valence-electron chi connectivity index (χ2n) is 11.5. The lowest BCUT2D eigenvalue weighted by Crippen LogP contribution is -2.44. The minimum absolute atomic E-state index is 0.0116. The van der Waals surface area contributed by atoms with Crippen LogP contribution in [0.15, 0.2) is 70.0 Å². The lowest BCUT2D eigenvalue weighted by atomic mass is 10.0. The summed E-state index contributed by atoms with van der Waals surface area (Å²) >= 11 is 11.9. The van der Waals surface area contributed by atoms with Crippen LogP contribution in [0.4, 0.5) is 0 Å². The lowest BCUT2D eigenvalue weighted by molar-refractivity contribution is -0.139. The number of nitrogens with zero attached hydrogens (tertiary/aromatic N) is 2. The summed E-state index contributed by atoms with van der Waals surface area (Å²) in [6.07, 6.45) is 2.04. The van der Waals surface area contributed by atoms with Gasteiger partial charge in [0.15, 0.2) is 0 Å². The molecular weight excluding hydrogens is 647 g/mol. The van der Waals surface area contributed by atoms with Crippen molar-refractivity contribution in [1.29, 1.82) is 0 Å². The number of carbonyl (C=O) groups is 1. The van der Waals surface area contributed by atoms with E-state index in [1.807, 2.05) is 27.7 Å². The fourth-order valence-electron chi connectivity index (χ4n) is 4.87. The molecule has 0 heterocycles. The van der Waals surface area contributed by atoms with Crippen LogP contribution in [0, 0.1) is 11.8 Å². The molecule has 0 saturated heterocycles. The van der Waals surface area contributed by atoms with Crippen LogP contribution in [0.2, 0.25) is 10.0 Å². The van der Waals surface area contributed by atoms with Gasteiger partial charge in [0.05, 0.1) is 22.4 Å². The van der Waals surface area contributed by atoms with Gasteiger partial charge in [-0.25, -0.2) is 21.6 Å². The number of benzene rings is 2. The number of esters is 1. The molecule has 0 amide bonds. The van der Waals surface area contributed by atoms with E-state index in [4.69, 9.17) is 27.9 Å². The van der Waals surface area contributed by atoms with Crippen molar-refractivity contribution in [3.63, 3.8) is 0 Å². The Morgan fingerprint density at radius 3 is 1.66 bits per heavy atom. The van der Waals surface area contributed by atoms with Gasteiger partial charge >= 0.3 is 5.97 Å². The van der Waals surface area contributed by atoms with E-state index in [0.717, 1.165) is 0 Å². The van der Waals surface area contributed by atoms with Gasteiger partial charge < -0.3 is 9.84 Å². The molecular formula is C31H44Cl2N2O7S2. The van der Waals surface area contributed by atoms with Gasteiger partial charge in [-0.05, 0) is 80.1 Å². The van der Waals surface area contributed by atoms with Crippen molar-refractivity contribution in [2.24, 2.45) is 11.8 Å². The van der Waals surface area contributed by atoms with Gasteiger partial charge in [-0.2, -0.15) is 8.61 Å². The Kier molecular flexibility index (Phi) is 14.8. The van der Waals surface area contributed by atoms with E-state index >= 15 is 0 Å². The van der Waals surface area contributed by atoms with Crippen molar-refractivity contribution in [3.8, 4) is 0 Å².